The third-order valence-corrected chi connectivity index (χ3v) is 15.8. The van der Waals surface area contributed by atoms with Crippen molar-refractivity contribution < 1.29 is 30.0 Å². The van der Waals surface area contributed by atoms with E-state index >= 15 is 0 Å². The van der Waals surface area contributed by atoms with E-state index in [1.165, 1.54) is 33.0 Å². The minimum atomic E-state index is -2.17. The Balaban J connectivity index is 0.000000169. The van der Waals surface area contributed by atoms with Crippen LogP contribution in [0.4, 0.5) is 0 Å². The number of nitrogens with zero attached hydrogens (tertiary/aromatic N) is 2. The maximum absolute atomic E-state index is 11.5. The van der Waals surface area contributed by atoms with Gasteiger partial charge in [0.2, 0.25) is 0 Å². The number of allylic oxidation sites excluding steroid dienone is 2. The van der Waals surface area contributed by atoms with E-state index in [1.54, 1.807) is 15.0 Å². The van der Waals surface area contributed by atoms with E-state index in [0.717, 1.165) is 16.8 Å². The van der Waals surface area contributed by atoms with E-state index < -0.39 is 18.7 Å². The van der Waals surface area contributed by atoms with E-state index in [-0.39, 0.29) is 37.1 Å². The van der Waals surface area contributed by atoms with Gasteiger partial charge in [0.1, 0.15) is 5.76 Å². The summed E-state index contributed by atoms with van der Waals surface area (Å²) < 4.78 is 3.18. The molecular formula is C41H42GeIrN2O2-2. The number of ketones is 1. The van der Waals surface area contributed by atoms with Crippen LogP contribution in [0, 0.1) is 23.0 Å². The van der Waals surface area contributed by atoms with Gasteiger partial charge in [-0.05, 0) is 11.8 Å². The van der Waals surface area contributed by atoms with Crippen LogP contribution < -0.4 is 8.79 Å². The quantitative estimate of drug-likeness (QED) is 0.0621. The SMILES string of the molecule is CC(C)(C)C(=O)/C=C(\O)C(C)(C)C.[CH3][Ge]1([CH3])[c]2cccc3c4ccc[c-]c4c4ncc[c]1c4c23.[Ir].[c-]1ccccc1-c1ccccn1. The Bertz CT molecular complexity index is 1940. The monoisotopic (exact) mass is 861 g/mol. The summed E-state index contributed by atoms with van der Waals surface area (Å²) in [6.07, 6.45) is 5.11. The third kappa shape index (κ3) is 7.59. The van der Waals surface area contributed by atoms with Crippen LogP contribution in [0.2, 0.25) is 11.5 Å². The second-order valence-corrected chi connectivity index (χ2v) is 23.4. The zero-order chi connectivity index (χ0) is 33.3. The summed E-state index contributed by atoms with van der Waals surface area (Å²) in [4.78, 5) is 20.4. The van der Waals surface area contributed by atoms with Gasteiger partial charge in [-0.15, -0.1) is 35.9 Å². The molecule has 1 N–H and O–H groups in total. The molecule has 6 aromatic rings. The van der Waals surface area contributed by atoms with Gasteiger partial charge < -0.3 is 10.1 Å². The molecule has 0 saturated heterocycles. The topological polar surface area (TPSA) is 63.1 Å². The molecule has 7 rings (SSSR count). The maximum atomic E-state index is 11.5. The van der Waals surface area contributed by atoms with Crippen molar-refractivity contribution in [2.75, 3.05) is 0 Å². The van der Waals surface area contributed by atoms with Crippen LogP contribution >= 0.6 is 0 Å². The van der Waals surface area contributed by atoms with Gasteiger partial charge in [-0.25, -0.2) is 0 Å². The average Bonchev–Trinajstić information content (AvgIpc) is 3.28. The molecule has 0 amide bonds. The number of benzene rings is 4. The first-order chi connectivity index (χ1) is 21.7. The largest absolute Gasteiger partial charge is 0.305 e. The first-order valence-corrected chi connectivity index (χ1v) is 22.0. The molecular weight excluding hydrogens is 817 g/mol. The number of aliphatic hydroxyl groups is 1. The average molecular weight is 860 g/mol. The smallest absolute Gasteiger partial charge is 0.0160 e. The molecule has 243 valence electrons. The van der Waals surface area contributed by atoms with Crippen molar-refractivity contribution in [3.63, 3.8) is 0 Å². The molecule has 0 aliphatic carbocycles. The fourth-order valence-corrected chi connectivity index (χ4v) is 12.0. The Morgan fingerprint density at radius 1 is 0.723 bits per heavy atom. The van der Waals surface area contributed by atoms with E-state index in [9.17, 15) is 9.90 Å². The summed E-state index contributed by atoms with van der Waals surface area (Å²) in [7, 11) is 0. The number of hydrogen-bond acceptors (Lipinski definition) is 4. The Morgan fingerprint density at radius 2 is 1.40 bits per heavy atom. The molecule has 47 heavy (non-hydrogen) atoms. The molecule has 0 unspecified atom stereocenters. The van der Waals surface area contributed by atoms with Gasteiger partial charge >= 0.3 is 126 Å². The van der Waals surface area contributed by atoms with Crippen molar-refractivity contribution in [2.24, 2.45) is 10.8 Å². The van der Waals surface area contributed by atoms with Gasteiger partial charge in [0.25, 0.3) is 0 Å². The molecule has 2 aromatic heterocycles. The number of rotatable bonds is 2. The fourth-order valence-electron chi connectivity index (χ4n) is 5.63. The van der Waals surface area contributed by atoms with Gasteiger partial charge in [0.05, 0.1) is 0 Å². The van der Waals surface area contributed by atoms with E-state index in [0.29, 0.717) is 0 Å². The fraction of sp³-hybridized carbons (Fsp3) is 0.244. The van der Waals surface area contributed by atoms with Crippen LogP contribution in [0.3, 0.4) is 0 Å². The summed E-state index contributed by atoms with van der Waals surface area (Å²) >= 11 is -2.17. The summed E-state index contributed by atoms with van der Waals surface area (Å²) in [6, 6.07) is 35.6. The third-order valence-electron chi connectivity index (χ3n) is 8.42. The van der Waals surface area contributed by atoms with Crippen molar-refractivity contribution in [3.8, 4) is 11.3 Å². The van der Waals surface area contributed by atoms with Crippen LogP contribution in [0.5, 0.6) is 0 Å². The first-order valence-electron chi connectivity index (χ1n) is 15.7. The first kappa shape index (κ1) is 36.2. The number of fused-ring (bicyclic) bond motifs is 3. The van der Waals surface area contributed by atoms with Crippen molar-refractivity contribution in [3.05, 3.63) is 121 Å². The van der Waals surface area contributed by atoms with Crippen LogP contribution in [0.15, 0.2) is 109 Å². The Hall–Kier alpha value is -3.64. The predicted octanol–water partition coefficient (Wildman–Crippen LogP) is 9.11. The van der Waals surface area contributed by atoms with E-state index in [2.05, 4.69) is 65.0 Å². The number of carbonyl (C=O) groups excluding carboxylic acids is 1. The van der Waals surface area contributed by atoms with Crippen LogP contribution in [0.25, 0.3) is 43.7 Å². The van der Waals surface area contributed by atoms with Crippen LogP contribution in [-0.2, 0) is 24.9 Å². The predicted molar refractivity (Wildman–Crippen MR) is 195 cm³/mol. The van der Waals surface area contributed by atoms with Crippen molar-refractivity contribution in [2.45, 2.75) is 53.1 Å². The normalized spacial score (nSPS) is 13.4. The number of pyridine rings is 2. The van der Waals surface area contributed by atoms with Crippen molar-refractivity contribution in [1.29, 1.82) is 0 Å². The maximum Gasteiger partial charge on any atom is 0.0160 e. The number of carbonyl (C=O) groups is 1. The van der Waals surface area contributed by atoms with Gasteiger partial charge in [0, 0.05) is 43.2 Å². The number of aliphatic hydroxyl groups excluding tert-OH is 1. The zero-order valence-electron chi connectivity index (χ0n) is 28.4. The Kier molecular flexibility index (Phi) is 11.0. The van der Waals surface area contributed by atoms with E-state index in [1.807, 2.05) is 96.3 Å². The molecule has 0 fully saturated rings. The molecule has 1 aliphatic rings. The van der Waals surface area contributed by atoms with Gasteiger partial charge in [0.15, 0.2) is 5.78 Å². The minimum Gasteiger partial charge on any atom is -0.305 e. The molecule has 0 saturated carbocycles. The number of aromatic nitrogens is 2. The molecule has 0 atom stereocenters. The summed E-state index contributed by atoms with van der Waals surface area (Å²) in [5.41, 5.74) is 2.38. The molecule has 1 radical (unpaired) electrons. The number of hydrogen-bond donors (Lipinski definition) is 1. The second kappa shape index (κ2) is 14.2. The molecule has 0 spiro atoms. The minimum absolute atomic E-state index is 0. The van der Waals surface area contributed by atoms with Gasteiger partial charge in [-0.3, -0.25) is 4.79 Å². The Morgan fingerprint density at radius 3 is 2.04 bits per heavy atom. The van der Waals surface area contributed by atoms with Crippen molar-refractivity contribution in [1.82, 2.24) is 9.97 Å². The molecule has 6 heteroatoms. The summed E-state index contributed by atoms with van der Waals surface area (Å²) in [6.45, 7) is 11.1. The van der Waals surface area contributed by atoms with Gasteiger partial charge in [-0.1, -0.05) is 53.7 Å². The second-order valence-electron chi connectivity index (χ2n) is 14.3. The van der Waals surface area contributed by atoms with E-state index in [4.69, 9.17) is 4.98 Å². The zero-order valence-corrected chi connectivity index (χ0v) is 32.9. The molecule has 1 aliphatic heterocycles. The summed E-state index contributed by atoms with van der Waals surface area (Å²) in [5.74, 6) is 5.10. The molecule has 4 nitrogen and oxygen atoms in total. The van der Waals surface area contributed by atoms with Crippen LogP contribution in [-0.4, -0.2) is 34.1 Å². The molecule has 4 aromatic carbocycles. The molecule has 0 bridgehead atoms. The molecule has 3 heterocycles. The standard InChI is InChI=1S/C19H14GeN.C11H8N.C11H20O2.Ir/c1-20(2)15-9-5-8-13-12-6-3-4-7-14(12)19-18(17(13)15)16(20)10-11-21-19;1-2-6-10(7-3-1)11-8-4-5-9-12-11;1-10(2,3)8(12)7-9(13)11(4,5)6;/h3-6,8-11H,1-2H3;1-6,8-9H;7,12H,1-6H3;/q2*-1;;/b;;8-7-;. The van der Waals surface area contributed by atoms with Gasteiger partial charge in [-0.2, -0.15) is 0 Å². The summed E-state index contributed by atoms with van der Waals surface area (Å²) in [5, 5.41) is 16.3. The van der Waals surface area contributed by atoms with Crippen molar-refractivity contribution >= 4 is 60.3 Å². The Labute approximate surface area is 295 Å². The van der Waals surface area contributed by atoms with Crippen LogP contribution in [0.1, 0.15) is 41.5 Å².